The fraction of sp³-hybridized carbons (Fsp3) is 0.857. The second-order valence-electron chi connectivity index (χ2n) is 8.79. The number of carbonyl (C=O) groups is 1. The first-order chi connectivity index (χ1) is 13.7. The topological polar surface area (TPSA) is 77.7 Å². The minimum Gasteiger partial charge on any atom is -0.377 e. The zero-order valence-corrected chi connectivity index (χ0v) is 17.0. The van der Waals surface area contributed by atoms with Crippen LogP contribution in [0.4, 0.5) is 0 Å². The third-order valence-corrected chi connectivity index (χ3v) is 6.78. The number of aromatic nitrogens is 2. The van der Waals surface area contributed by atoms with Gasteiger partial charge in [-0.05, 0) is 44.4 Å². The number of hydrogen-bond donors (Lipinski definition) is 0. The molecule has 3 fully saturated rings. The molecule has 156 valence electrons. The van der Waals surface area contributed by atoms with E-state index in [-0.39, 0.29) is 11.5 Å². The lowest BCUT2D eigenvalue weighted by Crippen LogP contribution is -2.52. The van der Waals surface area contributed by atoms with Crippen LogP contribution in [0.3, 0.4) is 0 Å². The van der Waals surface area contributed by atoms with Gasteiger partial charge in [-0.25, -0.2) is 0 Å². The largest absolute Gasteiger partial charge is 0.377 e. The summed E-state index contributed by atoms with van der Waals surface area (Å²) >= 11 is 0. The Kier molecular flexibility index (Phi) is 6.31. The van der Waals surface area contributed by atoms with Crippen molar-refractivity contribution in [2.75, 3.05) is 26.8 Å². The maximum atomic E-state index is 12.8. The number of hydrogen-bond acceptors (Lipinski definition) is 6. The lowest BCUT2D eigenvalue weighted by Gasteiger charge is -2.46. The zero-order chi connectivity index (χ0) is 19.4. The van der Waals surface area contributed by atoms with Crippen LogP contribution in [0.2, 0.25) is 0 Å². The van der Waals surface area contributed by atoms with Gasteiger partial charge in [0.05, 0.1) is 5.60 Å². The quantitative estimate of drug-likeness (QED) is 0.767. The van der Waals surface area contributed by atoms with E-state index in [2.05, 4.69) is 15.0 Å². The van der Waals surface area contributed by atoms with E-state index in [1.54, 1.807) is 7.11 Å². The molecule has 1 aromatic rings. The summed E-state index contributed by atoms with van der Waals surface area (Å²) in [5, 5.41) is 3.96. The van der Waals surface area contributed by atoms with Gasteiger partial charge >= 0.3 is 0 Å². The molecule has 3 heterocycles. The van der Waals surface area contributed by atoms with E-state index in [0.29, 0.717) is 30.1 Å². The molecule has 1 aromatic heterocycles. The number of methoxy groups -OCH3 is 1. The van der Waals surface area contributed by atoms with Gasteiger partial charge in [-0.3, -0.25) is 4.79 Å². The van der Waals surface area contributed by atoms with Crippen molar-refractivity contribution in [1.82, 2.24) is 15.0 Å². The number of piperidine rings is 1. The monoisotopic (exact) mass is 391 g/mol. The fourth-order valence-electron chi connectivity index (χ4n) is 5.20. The van der Waals surface area contributed by atoms with Gasteiger partial charge in [0.25, 0.3) is 0 Å². The van der Waals surface area contributed by atoms with Crippen molar-refractivity contribution in [2.24, 2.45) is 11.8 Å². The van der Waals surface area contributed by atoms with E-state index in [1.165, 1.54) is 19.3 Å². The van der Waals surface area contributed by atoms with Crippen molar-refractivity contribution >= 4 is 5.91 Å². The van der Waals surface area contributed by atoms with Crippen LogP contribution in [0.25, 0.3) is 0 Å². The number of carbonyl (C=O) groups excluding carboxylic acids is 1. The van der Waals surface area contributed by atoms with E-state index in [1.807, 2.05) is 0 Å². The fourth-order valence-corrected chi connectivity index (χ4v) is 5.20. The van der Waals surface area contributed by atoms with Gasteiger partial charge in [-0.1, -0.05) is 24.4 Å². The number of amides is 1. The Balaban J connectivity index is 1.29. The second kappa shape index (κ2) is 8.91. The molecule has 4 rings (SSSR count). The molecule has 1 atom stereocenters. The summed E-state index contributed by atoms with van der Waals surface area (Å²) in [6.45, 7) is 2.83. The lowest BCUT2D eigenvalue weighted by atomic mass is 9.78. The molecule has 1 aliphatic carbocycles. The highest BCUT2D eigenvalue weighted by Gasteiger charge is 2.42. The van der Waals surface area contributed by atoms with Gasteiger partial charge in [-0.15, -0.1) is 0 Å². The molecule has 1 unspecified atom stereocenters. The molecule has 0 bridgehead atoms. The Morgan fingerprint density at radius 1 is 1.21 bits per heavy atom. The summed E-state index contributed by atoms with van der Waals surface area (Å²) in [5.74, 6) is 2.44. The van der Waals surface area contributed by atoms with Crippen molar-refractivity contribution in [2.45, 2.75) is 76.4 Å². The van der Waals surface area contributed by atoms with Crippen molar-refractivity contribution in [3.63, 3.8) is 0 Å². The molecular formula is C21H33N3O4. The van der Waals surface area contributed by atoms with Crippen molar-refractivity contribution < 1.29 is 18.8 Å². The highest BCUT2D eigenvalue weighted by Crippen LogP contribution is 2.39. The van der Waals surface area contributed by atoms with Gasteiger partial charge in [0.15, 0.2) is 5.82 Å². The number of nitrogens with zero attached hydrogens (tertiary/aromatic N) is 3. The average molecular weight is 392 g/mol. The van der Waals surface area contributed by atoms with Crippen molar-refractivity contribution in [3.8, 4) is 0 Å². The Morgan fingerprint density at radius 2 is 2.00 bits per heavy atom. The first kappa shape index (κ1) is 19.8. The second-order valence-corrected chi connectivity index (χ2v) is 8.79. The predicted octanol–water partition coefficient (Wildman–Crippen LogP) is 3.13. The average Bonchev–Trinajstić information content (AvgIpc) is 3.16. The molecule has 1 amide bonds. The first-order valence-corrected chi connectivity index (χ1v) is 10.9. The molecular weight excluding hydrogens is 358 g/mol. The highest BCUT2D eigenvalue weighted by molar-refractivity contribution is 5.79. The van der Waals surface area contributed by atoms with Crippen molar-refractivity contribution in [3.05, 3.63) is 11.7 Å². The normalized spacial score (nSPS) is 25.9. The van der Waals surface area contributed by atoms with Crippen LogP contribution in [0.15, 0.2) is 4.52 Å². The van der Waals surface area contributed by atoms with E-state index in [4.69, 9.17) is 14.0 Å². The Morgan fingerprint density at radius 3 is 2.75 bits per heavy atom. The van der Waals surface area contributed by atoms with Gasteiger partial charge < -0.3 is 18.9 Å². The molecule has 1 saturated carbocycles. The number of likely N-dealkylation sites (tertiary alicyclic amines) is 1. The summed E-state index contributed by atoms with van der Waals surface area (Å²) < 4.78 is 16.7. The summed E-state index contributed by atoms with van der Waals surface area (Å²) in [5.41, 5.74) is -0.0817. The van der Waals surface area contributed by atoms with Gasteiger partial charge in [0, 0.05) is 39.1 Å². The third-order valence-electron chi connectivity index (χ3n) is 6.78. The summed E-state index contributed by atoms with van der Waals surface area (Å²) in [6.07, 6.45) is 10.6. The molecule has 2 saturated heterocycles. The summed E-state index contributed by atoms with van der Waals surface area (Å²) in [6, 6.07) is 0. The molecule has 0 aromatic carbocycles. The predicted molar refractivity (Wildman–Crippen MR) is 103 cm³/mol. The lowest BCUT2D eigenvalue weighted by molar-refractivity contribution is -0.151. The molecule has 1 spiro atoms. The van der Waals surface area contributed by atoms with E-state index < -0.39 is 0 Å². The van der Waals surface area contributed by atoms with Crippen LogP contribution in [-0.2, 0) is 27.3 Å². The SMILES string of the molecule is COCc1noc(CC2CCOC3(CCN(C(=O)C4CCCCC4)CC3)C2)n1. The maximum absolute atomic E-state index is 12.8. The van der Waals surface area contributed by atoms with E-state index in [0.717, 1.165) is 64.6 Å². The maximum Gasteiger partial charge on any atom is 0.227 e. The van der Waals surface area contributed by atoms with Crippen LogP contribution in [0, 0.1) is 11.8 Å². The van der Waals surface area contributed by atoms with Crippen LogP contribution in [0.1, 0.15) is 69.5 Å². The Labute approximate surface area is 167 Å². The zero-order valence-electron chi connectivity index (χ0n) is 17.0. The molecule has 7 nitrogen and oxygen atoms in total. The minimum absolute atomic E-state index is 0.0817. The minimum atomic E-state index is -0.0817. The molecule has 28 heavy (non-hydrogen) atoms. The van der Waals surface area contributed by atoms with E-state index in [9.17, 15) is 4.79 Å². The number of ether oxygens (including phenoxy) is 2. The van der Waals surface area contributed by atoms with Crippen LogP contribution in [0.5, 0.6) is 0 Å². The smallest absolute Gasteiger partial charge is 0.227 e. The van der Waals surface area contributed by atoms with Gasteiger partial charge in [-0.2, -0.15) is 4.98 Å². The summed E-state index contributed by atoms with van der Waals surface area (Å²) in [4.78, 5) is 19.4. The molecule has 0 N–H and O–H groups in total. The van der Waals surface area contributed by atoms with Crippen LogP contribution < -0.4 is 0 Å². The number of rotatable bonds is 5. The third kappa shape index (κ3) is 4.57. The van der Waals surface area contributed by atoms with Gasteiger partial charge in [0.1, 0.15) is 6.61 Å². The Hall–Kier alpha value is -1.47. The first-order valence-electron chi connectivity index (χ1n) is 10.9. The highest BCUT2D eigenvalue weighted by atomic mass is 16.5. The molecule has 7 heteroatoms. The van der Waals surface area contributed by atoms with Gasteiger partial charge in [0.2, 0.25) is 11.8 Å². The molecule has 2 aliphatic heterocycles. The summed E-state index contributed by atoms with van der Waals surface area (Å²) in [7, 11) is 1.63. The molecule has 3 aliphatic rings. The van der Waals surface area contributed by atoms with Crippen molar-refractivity contribution in [1.29, 1.82) is 0 Å². The van der Waals surface area contributed by atoms with Crippen LogP contribution in [-0.4, -0.2) is 53.4 Å². The standard InChI is InChI=1S/C21H33N3O4/c1-26-15-18-22-19(28-23-18)13-16-7-12-27-21(14-16)8-10-24(11-9-21)20(25)17-5-3-2-4-6-17/h16-17H,2-15H2,1H3. The molecule has 0 radical (unpaired) electrons. The van der Waals surface area contributed by atoms with E-state index >= 15 is 0 Å². The Bertz CT molecular complexity index is 648. The van der Waals surface area contributed by atoms with Crippen LogP contribution >= 0.6 is 0 Å².